The summed E-state index contributed by atoms with van der Waals surface area (Å²) in [5, 5.41) is 14.3. The largest absolute Gasteiger partial charge is 0.385 e. The van der Waals surface area contributed by atoms with Gasteiger partial charge in [-0.1, -0.05) is 6.42 Å². The van der Waals surface area contributed by atoms with Gasteiger partial charge in [0.25, 0.3) is 0 Å². The summed E-state index contributed by atoms with van der Waals surface area (Å²) in [4.78, 5) is 0. The van der Waals surface area contributed by atoms with Crippen LogP contribution in [0.25, 0.3) is 0 Å². The fourth-order valence-electron chi connectivity index (χ4n) is 3.37. The molecule has 3 nitrogen and oxygen atoms in total. The molecule has 1 aromatic carbocycles. The Kier molecular flexibility index (Phi) is 3.46. The summed E-state index contributed by atoms with van der Waals surface area (Å²) >= 11 is 0. The molecule has 0 spiro atoms. The maximum absolute atomic E-state index is 12.9. The molecule has 104 valence electrons. The molecule has 1 saturated heterocycles. The van der Waals surface area contributed by atoms with Crippen molar-refractivity contribution in [1.82, 2.24) is 0 Å². The van der Waals surface area contributed by atoms with Crippen LogP contribution in [0.15, 0.2) is 24.3 Å². The zero-order chi connectivity index (χ0) is 13.3. The first-order valence-corrected chi connectivity index (χ1v) is 7.01. The number of halogens is 1. The Hall–Kier alpha value is -1.13. The first kappa shape index (κ1) is 12.9. The van der Waals surface area contributed by atoms with Crippen LogP contribution in [0, 0.1) is 11.7 Å². The number of anilines is 1. The van der Waals surface area contributed by atoms with Gasteiger partial charge in [0.1, 0.15) is 11.4 Å². The van der Waals surface area contributed by atoms with Gasteiger partial charge in [-0.3, -0.25) is 0 Å². The van der Waals surface area contributed by atoms with E-state index >= 15 is 0 Å². The van der Waals surface area contributed by atoms with Crippen LogP contribution >= 0.6 is 0 Å². The molecule has 1 heterocycles. The molecule has 1 saturated carbocycles. The minimum absolute atomic E-state index is 0.0167. The molecule has 1 aliphatic carbocycles. The Balaban J connectivity index is 1.77. The lowest BCUT2D eigenvalue weighted by atomic mass is 9.70. The fraction of sp³-hybridized carbons (Fsp3) is 0.600. The summed E-state index contributed by atoms with van der Waals surface area (Å²) in [7, 11) is 0. The lowest BCUT2D eigenvalue weighted by Crippen LogP contribution is -2.60. The second-order valence-electron chi connectivity index (χ2n) is 5.66. The molecule has 1 aromatic rings. The lowest BCUT2D eigenvalue weighted by molar-refractivity contribution is -0.148. The molecule has 0 aromatic heterocycles. The average Bonchev–Trinajstić information content (AvgIpc) is 2.42. The van der Waals surface area contributed by atoms with E-state index in [4.69, 9.17) is 4.74 Å². The zero-order valence-corrected chi connectivity index (χ0v) is 10.9. The first-order chi connectivity index (χ1) is 9.18. The summed E-state index contributed by atoms with van der Waals surface area (Å²) in [6.45, 7) is 1.15. The molecule has 3 rings (SSSR count). The van der Waals surface area contributed by atoms with Gasteiger partial charge >= 0.3 is 0 Å². The van der Waals surface area contributed by atoms with Crippen LogP contribution in [0.2, 0.25) is 0 Å². The third-order valence-corrected chi connectivity index (χ3v) is 4.48. The molecule has 3 atom stereocenters. The second kappa shape index (κ2) is 5.10. The minimum Gasteiger partial charge on any atom is -0.385 e. The van der Waals surface area contributed by atoms with Crippen molar-refractivity contribution in [2.45, 2.75) is 37.3 Å². The number of fused-ring (bicyclic) bond motifs is 1. The predicted molar refractivity (Wildman–Crippen MR) is 71.5 cm³/mol. The van der Waals surface area contributed by atoms with Crippen molar-refractivity contribution in [3.8, 4) is 0 Å². The van der Waals surface area contributed by atoms with Crippen molar-refractivity contribution in [2.24, 2.45) is 5.92 Å². The molecule has 0 radical (unpaired) electrons. The van der Waals surface area contributed by atoms with Gasteiger partial charge in [0, 0.05) is 12.3 Å². The van der Waals surface area contributed by atoms with Crippen molar-refractivity contribution in [1.29, 1.82) is 0 Å². The van der Waals surface area contributed by atoms with E-state index in [0.717, 1.165) is 38.0 Å². The van der Waals surface area contributed by atoms with Crippen LogP contribution in [-0.2, 0) is 4.74 Å². The number of benzene rings is 1. The van der Waals surface area contributed by atoms with E-state index in [2.05, 4.69) is 5.32 Å². The number of nitrogens with one attached hydrogen (secondary N) is 1. The Morgan fingerprint density at radius 1 is 1.21 bits per heavy atom. The molecule has 0 bridgehead atoms. The quantitative estimate of drug-likeness (QED) is 0.863. The first-order valence-electron chi connectivity index (χ1n) is 7.01. The number of aliphatic hydroxyl groups is 1. The van der Waals surface area contributed by atoms with Crippen LogP contribution < -0.4 is 5.32 Å². The molecule has 2 aliphatic rings. The topological polar surface area (TPSA) is 41.5 Å². The molecule has 19 heavy (non-hydrogen) atoms. The highest BCUT2D eigenvalue weighted by Crippen LogP contribution is 2.40. The van der Waals surface area contributed by atoms with E-state index in [1.54, 1.807) is 12.1 Å². The summed E-state index contributed by atoms with van der Waals surface area (Å²) in [6, 6.07) is 6.28. The van der Waals surface area contributed by atoms with E-state index < -0.39 is 5.60 Å². The fourth-order valence-corrected chi connectivity index (χ4v) is 3.37. The molecule has 1 unspecified atom stereocenters. The lowest BCUT2D eigenvalue weighted by Gasteiger charge is -2.48. The van der Waals surface area contributed by atoms with E-state index in [1.807, 2.05) is 0 Å². The SMILES string of the molecule is O[C@]12COCC[C@H]1CCCC2Nc1ccc(F)cc1. The van der Waals surface area contributed by atoms with Gasteiger partial charge in [0.2, 0.25) is 0 Å². The van der Waals surface area contributed by atoms with Crippen molar-refractivity contribution < 1.29 is 14.2 Å². The monoisotopic (exact) mass is 265 g/mol. The normalized spacial score (nSPS) is 34.6. The van der Waals surface area contributed by atoms with Crippen molar-refractivity contribution in [3.05, 3.63) is 30.1 Å². The molecule has 2 N–H and O–H groups in total. The molecule has 4 heteroatoms. The van der Waals surface area contributed by atoms with Crippen LogP contribution in [0.5, 0.6) is 0 Å². The van der Waals surface area contributed by atoms with Crippen LogP contribution in [0.3, 0.4) is 0 Å². The van der Waals surface area contributed by atoms with Gasteiger partial charge < -0.3 is 15.2 Å². The highest BCUT2D eigenvalue weighted by Gasteiger charge is 2.48. The van der Waals surface area contributed by atoms with Gasteiger partial charge in [-0.05, 0) is 49.4 Å². The third-order valence-electron chi connectivity index (χ3n) is 4.48. The molecule has 2 fully saturated rings. The maximum Gasteiger partial charge on any atom is 0.123 e. The maximum atomic E-state index is 12.9. The van der Waals surface area contributed by atoms with E-state index in [-0.39, 0.29) is 11.9 Å². The summed E-state index contributed by atoms with van der Waals surface area (Å²) in [5.41, 5.74) is 0.0660. The number of rotatable bonds is 2. The minimum atomic E-state index is -0.787. The van der Waals surface area contributed by atoms with Crippen molar-refractivity contribution in [2.75, 3.05) is 18.5 Å². The standard InChI is InChI=1S/C15H20FNO2/c16-12-4-6-13(7-5-12)17-14-3-1-2-11-8-9-19-10-15(11,14)18/h4-7,11,14,17-18H,1-3,8-10H2/t11-,14?,15-/m1/s1. The van der Waals surface area contributed by atoms with Gasteiger partial charge in [0.05, 0.1) is 12.6 Å². The van der Waals surface area contributed by atoms with Crippen LogP contribution in [0.4, 0.5) is 10.1 Å². The number of hydrogen-bond acceptors (Lipinski definition) is 3. The Morgan fingerprint density at radius 3 is 2.79 bits per heavy atom. The molecule has 0 amide bonds. The molecule has 1 aliphatic heterocycles. The number of ether oxygens (including phenoxy) is 1. The smallest absolute Gasteiger partial charge is 0.123 e. The second-order valence-corrected chi connectivity index (χ2v) is 5.66. The molecular weight excluding hydrogens is 245 g/mol. The van der Waals surface area contributed by atoms with Gasteiger partial charge in [-0.25, -0.2) is 4.39 Å². The van der Waals surface area contributed by atoms with Crippen molar-refractivity contribution >= 4 is 5.69 Å². The van der Waals surface area contributed by atoms with Gasteiger partial charge in [0.15, 0.2) is 0 Å². The van der Waals surface area contributed by atoms with Crippen LogP contribution in [0.1, 0.15) is 25.7 Å². The van der Waals surface area contributed by atoms with E-state index in [9.17, 15) is 9.50 Å². The summed E-state index contributed by atoms with van der Waals surface area (Å²) in [5.74, 6) is 0.0692. The zero-order valence-electron chi connectivity index (χ0n) is 10.9. The Labute approximate surface area is 112 Å². The highest BCUT2D eigenvalue weighted by molar-refractivity contribution is 5.44. The third kappa shape index (κ3) is 2.47. The van der Waals surface area contributed by atoms with E-state index in [0.29, 0.717) is 12.5 Å². The van der Waals surface area contributed by atoms with Crippen LogP contribution in [-0.4, -0.2) is 30.0 Å². The van der Waals surface area contributed by atoms with E-state index in [1.165, 1.54) is 12.1 Å². The summed E-state index contributed by atoms with van der Waals surface area (Å²) < 4.78 is 18.4. The predicted octanol–water partition coefficient (Wildman–Crippen LogP) is 2.56. The van der Waals surface area contributed by atoms with Crippen molar-refractivity contribution in [3.63, 3.8) is 0 Å². The summed E-state index contributed by atoms with van der Waals surface area (Å²) in [6.07, 6.45) is 4.04. The Bertz CT molecular complexity index is 434. The highest BCUT2D eigenvalue weighted by atomic mass is 19.1. The average molecular weight is 265 g/mol. The van der Waals surface area contributed by atoms with Gasteiger partial charge in [-0.2, -0.15) is 0 Å². The molecular formula is C15H20FNO2. The van der Waals surface area contributed by atoms with Gasteiger partial charge in [-0.15, -0.1) is 0 Å². The Morgan fingerprint density at radius 2 is 2.00 bits per heavy atom. The number of hydrogen-bond donors (Lipinski definition) is 2.